The average molecular weight is 303 g/mol. The van der Waals surface area contributed by atoms with E-state index in [2.05, 4.69) is 0 Å². The van der Waals surface area contributed by atoms with Crippen molar-refractivity contribution in [3.8, 4) is 0 Å². The predicted molar refractivity (Wildman–Crippen MR) is 73.7 cm³/mol. The quantitative estimate of drug-likeness (QED) is 0.844. The van der Waals surface area contributed by atoms with Crippen molar-refractivity contribution in [2.24, 2.45) is 0 Å². The van der Waals surface area contributed by atoms with E-state index >= 15 is 0 Å². The molecule has 0 amide bonds. The first-order valence-corrected chi connectivity index (χ1v) is 7.89. The van der Waals surface area contributed by atoms with Crippen molar-refractivity contribution in [3.63, 3.8) is 0 Å². The van der Waals surface area contributed by atoms with Gasteiger partial charge < -0.3 is 4.57 Å². The second-order valence-electron chi connectivity index (χ2n) is 4.33. The minimum atomic E-state index is -3.49. The maximum atomic E-state index is 12.3. The Kier molecular flexibility index (Phi) is 4.44. The number of halogens is 1. The van der Waals surface area contributed by atoms with E-state index in [9.17, 15) is 13.2 Å². The van der Waals surface area contributed by atoms with E-state index in [0.29, 0.717) is 13.1 Å². The number of rotatable bonds is 4. The molecule has 1 aromatic heterocycles. The Labute approximate surface area is 117 Å². The SMILES string of the molecule is O=c1ccc(S(=O)(=O)N2CCCC2)cn1C/C=C/Cl. The van der Waals surface area contributed by atoms with Crippen LogP contribution < -0.4 is 5.56 Å². The highest BCUT2D eigenvalue weighted by molar-refractivity contribution is 7.89. The van der Waals surface area contributed by atoms with Crippen molar-refractivity contribution >= 4 is 21.6 Å². The third kappa shape index (κ3) is 3.08. The van der Waals surface area contributed by atoms with E-state index in [0.717, 1.165) is 12.8 Å². The van der Waals surface area contributed by atoms with E-state index in [4.69, 9.17) is 11.6 Å². The molecule has 2 rings (SSSR count). The first-order valence-electron chi connectivity index (χ1n) is 6.01. The molecule has 1 aliphatic heterocycles. The molecular weight excluding hydrogens is 288 g/mol. The minimum Gasteiger partial charge on any atom is -0.310 e. The number of allylic oxidation sites excluding steroid dienone is 1. The molecule has 104 valence electrons. The molecule has 0 aliphatic carbocycles. The molecule has 19 heavy (non-hydrogen) atoms. The third-order valence-electron chi connectivity index (χ3n) is 3.05. The summed E-state index contributed by atoms with van der Waals surface area (Å²) in [5, 5.41) is 0. The van der Waals surface area contributed by atoms with Crippen LogP contribution in [0.1, 0.15) is 12.8 Å². The third-order valence-corrected chi connectivity index (χ3v) is 5.11. The van der Waals surface area contributed by atoms with Crippen LogP contribution in [-0.2, 0) is 16.6 Å². The summed E-state index contributed by atoms with van der Waals surface area (Å²) in [6.45, 7) is 1.35. The lowest BCUT2D eigenvalue weighted by Crippen LogP contribution is -2.29. The predicted octanol–water partition coefficient (Wildman–Crippen LogP) is 1.39. The van der Waals surface area contributed by atoms with Crippen molar-refractivity contribution < 1.29 is 8.42 Å². The molecule has 0 bridgehead atoms. The van der Waals surface area contributed by atoms with Gasteiger partial charge in [0.2, 0.25) is 10.0 Å². The Bertz CT molecular complexity index is 631. The lowest BCUT2D eigenvalue weighted by molar-refractivity contribution is 0.476. The monoisotopic (exact) mass is 302 g/mol. The number of hydrogen-bond acceptors (Lipinski definition) is 3. The number of aromatic nitrogens is 1. The number of nitrogens with zero attached hydrogens (tertiary/aromatic N) is 2. The highest BCUT2D eigenvalue weighted by Crippen LogP contribution is 2.19. The molecular formula is C12H15ClN2O3S. The van der Waals surface area contributed by atoms with Crippen LogP contribution in [0, 0.1) is 0 Å². The van der Waals surface area contributed by atoms with Crippen LogP contribution in [0.15, 0.2) is 39.6 Å². The second-order valence-corrected chi connectivity index (χ2v) is 6.52. The van der Waals surface area contributed by atoms with E-state index < -0.39 is 10.0 Å². The Balaban J connectivity index is 2.37. The fourth-order valence-electron chi connectivity index (χ4n) is 2.04. The standard InChI is InChI=1S/C12H15ClN2O3S/c13-6-3-7-14-10-11(4-5-12(14)16)19(17,18)15-8-1-2-9-15/h3-6,10H,1-2,7-9H2/b6-3+. The van der Waals surface area contributed by atoms with E-state index in [1.165, 1.54) is 32.7 Å². The molecule has 0 N–H and O–H groups in total. The summed E-state index contributed by atoms with van der Waals surface area (Å²) in [6.07, 6.45) is 4.71. The lowest BCUT2D eigenvalue weighted by atomic mass is 10.4. The molecule has 0 atom stereocenters. The zero-order valence-electron chi connectivity index (χ0n) is 10.3. The molecule has 0 aromatic carbocycles. The molecule has 0 saturated carbocycles. The molecule has 1 fully saturated rings. The fraction of sp³-hybridized carbons (Fsp3) is 0.417. The maximum absolute atomic E-state index is 12.3. The van der Waals surface area contributed by atoms with E-state index in [-0.39, 0.29) is 17.0 Å². The number of sulfonamides is 1. The van der Waals surface area contributed by atoms with Crippen molar-refractivity contribution in [1.29, 1.82) is 0 Å². The van der Waals surface area contributed by atoms with Crippen molar-refractivity contribution in [2.45, 2.75) is 24.3 Å². The van der Waals surface area contributed by atoms with Gasteiger partial charge in [-0.1, -0.05) is 17.7 Å². The number of pyridine rings is 1. The van der Waals surface area contributed by atoms with Gasteiger partial charge in [0.1, 0.15) is 0 Å². The zero-order valence-corrected chi connectivity index (χ0v) is 11.9. The summed E-state index contributed by atoms with van der Waals surface area (Å²) in [6, 6.07) is 2.63. The zero-order chi connectivity index (χ0) is 13.9. The van der Waals surface area contributed by atoms with Crippen LogP contribution in [0.4, 0.5) is 0 Å². The highest BCUT2D eigenvalue weighted by Gasteiger charge is 2.27. The van der Waals surface area contributed by atoms with Gasteiger partial charge in [-0.3, -0.25) is 4.79 Å². The van der Waals surface area contributed by atoms with Crippen LogP contribution in [-0.4, -0.2) is 30.4 Å². The molecule has 1 aliphatic rings. The molecule has 0 spiro atoms. The first kappa shape index (κ1) is 14.3. The second kappa shape index (κ2) is 5.90. The van der Waals surface area contributed by atoms with Crippen LogP contribution in [0.3, 0.4) is 0 Å². The Hall–Kier alpha value is -1.11. The summed E-state index contributed by atoms with van der Waals surface area (Å²) in [7, 11) is -3.49. The largest absolute Gasteiger partial charge is 0.310 e. The fourth-order valence-corrected chi connectivity index (χ4v) is 3.65. The molecule has 7 heteroatoms. The van der Waals surface area contributed by atoms with Crippen LogP contribution in [0.2, 0.25) is 0 Å². The van der Waals surface area contributed by atoms with Crippen molar-refractivity contribution in [2.75, 3.05) is 13.1 Å². The van der Waals surface area contributed by atoms with Crippen molar-refractivity contribution in [3.05, 3.63) is 40.3 Å². The molecule has 1 saturated heterocycles. The van der Waals surface area contributed by atoms with Gasteiger partial charge in [-0.05, 0) is 18.9 Å². The first-order chi connectivity index (χ1) is 9.05. The Morgan fingerprint density at radius 1 is 1.26 bits per heavy atom. The van der Waals surface area contributed by atoms with E-state index in [1.807, 2.05) is 0 Å². The van der Waals surface area contributed by atoms with Gasteiger partial charge in [-0.2, -0.15) is 4.31 Å². The molecule has 1 aromatic rings. The molecule has 0 radical (unpaired) electrons. The van der Waals surface area contributed by atoms with Gasteiger partial charge in [0.25, 0.3) is 5.56 Å². The van der Waals surface area contributed by atoms with Gasteiger partial charge >= 0.3 is 0 Å². The molecule has 2 heterocycles. The van der Waals surface area contributed by atoms with Gasteiger partial charge in [0.05, 0.1) is 4.90 Å². The van der Waals surface area contributed by atoms with Crippen LogP contribution in [0.5, 0.6) is 0 Å². The van der Waals surface area contributed by atoms with E-state index in [1.54, 1.807) is 6.08 Å². The normalized spacial score (nSPS) is 17.3. The van der Waals surface area contributed by atoms with Gasteiger partial charge in [0, 0.05) is 37.4 Å². The summed E-state index contributed by atoms with van der Waals surface area (Å²) in [5.74, 6) is 0. The van der Waals surface area contributed by atoms with Gasteiger partial charge in [-0.25, -0.2) is 8.42 Å². The Morgan fingerprint density at radius 3 is 2.58 bits per heavy atom. The maximum Gasteiger partial charge on any atom is 0.250 e. The number of hydrogen-bond donors (Lipinski definition) is 0. The van der Waals surface area contributed by atoms with Gasteiger partial charge in [-0.15, -0.1) is 0 Å². The molecule has 0 unspecified atom stereocenters. The lowest BCUT2D eigenvalue weighted by Gasteiger charge is -2.16. The summed E-state index contributed by atoms with van der Waals surface area (Å²) >= 11 is 5.41. The topological polar surface area (TPSA) is 59.4 Å². The van der Waals surface area contributed by atoms with Crippen molar-refractivity contribution in [1.82, 2.24) is 8.87 Å². The van der Waals surface area contributed by atoms with Crippen LogP contribution >= 0.6 is 11.6 Å². The molecule has 5 nitrogen and oxygen atoms in total. The minimum absolute atomic E-state index is 0.150. The summed E-state index contributed by atoms with van der Waals surface area (Å²) in [5.41, 5.74) is 1.05. The van der Waals surface area contributed by atoms with Gasteiger partial charge in [0.15, 0.2) is 0 Å². The Morgan fingerprint density at radius 2 is 1.95 bits per heavy atom. The average Bonchev–Trinajstić information content (AvgIpc) is 2.92. The van der Waals surface area contributed by atoms with Crippen LogP contribution in [0.25, 0.3) is 0 Å². The highest BCUT2D eigenvalue weighted by atomic mass is 35.5. The smallest absolute Gasteiger partial charge is 0.250 e. The summed E-state index contributed by atoms with van der Waals surface area (Å²) in [4.78, 5) is 11.8. The summed E-state index contributed by atoms with van der Waals surface area (Å²) < 4.78 is 27.5.